The molecule has 0 saturated heterocycles. The molecule has 32 heavy (non-hydrogen) atoms. The molecule has 0 aliphatic heterocycles. The number of carboxylic acids is 2. The molecule has 0 radical (unpaired) electrons. The molecule has 0 amide bonds. The predicted molar refractivity (Wildman–Crippen MR) is 121 cm³/mol. The molecule has 4 rings (SSSR count). The fourth-order valence-electron chi connectivity index (χ4n) is 2.90. The summed E-state index contributed by atoms with van der Waals surface area (Å²) in [5, 5.41) is 14.8. The van der Waals surface area contributed by atoms with Gasteiger partial charge in [0.25, 0.3) is 0 Å². The Hall–Kier alpha value is -4.46. The van der Waals surface area contributed by atoms with Crippen molar-refractivity contribution in [1.82, 2.24) is 14.5 Å². The van der Waals surface area contributed by atoms with Gasteiger partial charge in [0.05, 0.1) is 17.6 Å². The van der Waals surface area contributed by atoms with E-state index < -0.39 is 11.9 Å². The number of aromatic nitrogens is 3. The number of benzene rings is 2. The number of pyridine rings is 1. The Morgan fingerprint density at radius 3 is 2.25 bits per heavy atom. The lowest BCUT2D eigenvalue weighted by atomic mass is 10.2. The Kier molecular flexibility index (Phi) is 7.32. The second-order valence-electron chi connectivity index (χ2n) is 6.43. The van der Waals surface area contributed by atoms with E-state index in [0.29, 0.717) is 6.61 Å². The number of nitrogens with zero attached hydrogens (tertiary/aromatic N) is 3. The van der Waals surface area contributed by atoms with Crippen LogP contribution in [0, 0.1) is 0 Å². The maximum atomic E-state index is 9.10. The molecule has 0 aliphatic rings. The molecule has 0 bridgehead atoms. The molecule has 4 aromatic rings. The molecule has 0 fully saturated rings. The molecule has 8 nitrogen and oxygen atoms in total. The van der Waals surface area contributed by atoms with E-state index in [1.54, 1.807) is 6.20 Å². The summed E-state index contributed by atoms with van der Waals surface area (Å²) in [6.45, 7) is 2.65. The van der Waals surface area contributed by atoms with Crippen LogP contribution in [0.2, 0.25) is 0 Å². The first-order valence-corrected chi connectivity index (χ1v) is 9.75. The summed E-state index contributed by atoms with van der Waals surface area (Å²) in [6, 6.07) is 22.0. The molecule has 0 atom stereocenters. The number of hydrogen-bond donors (Lipinski definition) is 2. The number of rotatable bonds is 5. The van der Waals surface area contributed by atoms with Crippen LogP contribution in [0.4, 0.5) is 0 Å². The van der Waals surface area contributed by atoms with E-state index in [0.717, 1.165) is 34.0 Å². The van der Waals surface area contributed by atoms with E-state index in [1.807, 2.05) is 73.7 Å². The van der Waals surface area contributed by atoms with Gasteiger partial charge in [-0.1, -0.05) is 36.4 Å². The third kappa shape index (κ3) is 5.57. The summed E-state index contributed by atoms with van der Waals surface area (Å²) >= 11 is 0. The van der Waals surface area contributed by atoms with Crippen LogP contribution in [0.15, 0.2) is 72.9 Å². The van der Waals surface area contributed by atoms with E-state index in [4.69, 9.17) is 29.5 Å². The predicted octanol–water partition coefficient (Wildman–Crippen LogP) is 4.15. The first kappa shape index (κ1) is 22.2. The normalized spacial score (nSPS) is 10.5. The summed E-state index contributed by atoms with van der Waals surface area (Å²) in [5.74, 6) is -1.07. The number of ether oxygens (including phenoxy) is 1. The van der Waals surface area contributed by atoms with Crippen molar-refractivity contribution in [3.63, 3.8) is 0 Å². The minimum atomic E-state index is -1.82. The van der Waals surface area contributed by atoms with E-state index in [-0.39, 0.29) is 0 Å². The van der Waals surface area contributed by atoms with Gasteiger partial charge in [-0.05, 0) is 55.0 Å². The highest BCUT2D eigenvalue weighted by atomic mass is 16.5. The van der Waals surface area contributed by atoms with Gasteiger partial charge in [0.15, 0.2) is 0 Å². The first-order valence-electron chi connectivity index (χ1n) is 9.75. The minimum absolute atomic E-state index is 0.670. The zero-order valence-corrected chi connectivity index (χ0v) is 17.3. The smallest absolute Gasteiger partial charge is 0.414 e. The fourth-order valence-corrected chi connectivity index (χ4v) is 2.90. The standard InChI is InChI=1S/C22H19N3O.C2H2O4/c1-2-26-18-13-10-17(11-14-18)12-15-22-24-19-7-3-4-8-20(19)25(22)21-9-5-6-16-23-21;3-1(4)2(5)6/h3-16H,2H2,1H3;(H,3,4)(H,5,6). The van der Waals surface area contributed by atoms with Crippen LogP contribution in [0.3, 0.4) is 0 Å². The van der Waals surface area contributed by atoms with Crippen LogP contribution in [-0.2, 0) is 9.59 Å². The molecule has 0 spiro atoms. The maximum Gasteiger partial charge on any atom is 0.414 e. The van der Waals surface area contributed by atoms with Crippen molar-refractivity contribution in [1.29, 1.82) is 0 Å². The Balaban J connectivity index is 0.000000427. The van der Waals surface area contributed by atoms with Crippen LogP contribution in [0.25, 0.3) is 29.0 Å². The molecule has 2 aromatic heterocycles. The molecule has 2 heterocycles. The summed E-state index contributed by atoms with van der Waals surface area (Å²) in [4.78, 5) is 27.5. The van der Waals surface area contributed by atoms with Crippen LogP contribution in [0.1, 0.15) is 18.3 Å². The number of carbonyl (C=O) groups is 2. The van der Waals surface area contributed by atoms with Crippen molar-refractivity contribution in [2.45, 2.75) is 6.92 Å². The maximum absolute atomic E-state index is 9.10. The Morgan fingerprint density at radius 1 is 0.938 bits per heavy atom. The summed E-state index contributed by atoms with van der Waals surface area (Å²) in [6.07, 6.45) is 5.87. The average molecular weight is 431 g/mol. The number of carboxylic acid groups (broad SMARTS) is 2. The summed E-state index contributed by atoms with van der Waals surface area (Å²) in [7, 11) is 0. The second kappa shape index (κ2) is 10.5. The zero-order chi connectivity index (χ0) is 22.9. The van der Waals surface area contributed by atoms with Gasteiger partial charge in [-0.25, -0.2) is 19.6 Å². The van der Waals surface area contributed by atoms with E-state index >= 15 is 0 Å². The highest BCUT2D eigenvalue weighted by Gasteiger charge is 2.10. The molecular weight excluding hydrogens is 410 g/mol. The lowest BCUT2D eigenvalue weighted by Gasteiger charge is -2.05. The summed E-state index contributed by atoms with van der Waals surface area (Å²) < 4.78 is 7.56. The van der Waals surface area contributed by atoms with E-state index in [2.05, 4.69) is 21.7 Å². The van der Waals surface area contributed by atoms with Crippen molar-refractivity contribution < 1.29 is 24.5 Å². The van der Waals surface area contributed by atoms with E-state index in [9.17, 15) is 0 Å². The third-order valence-electron chi connectivity index (χ3n) is 4.26. The lowest BCUT2D eigenvalue weighted by molar-refractivity contribution is -0.159. The quantitative estimate of drug-likeness (QED) is 0.456. The van der Waals surface area contributed by atoms with Crippen LogP contribution >= 0.6 is 0 Å². The van der Waals surface area contributed by atoms with Crippen molar-refractivity contribution in [3.05, 3.63) is 84.3 Å². The lowest BCUT2D eigenvalue weighted by Crippen LogP contribution is -2.09. The van der Waals surface area contributed by atoms with E-state index in [1.165, 1.54) is 0 Å². The average Bonchev–Trinajstić information content (AvgIpc) is 3.18. The Bertz CT molecular complexity index is 1220. The molecule has 0 saturated carbocycles. The summed E-state index contributed by atoms with van der Waals surface area (Å²) in [5.41, 5.74) is 3.08. The van der Waals surface area contributed by atoms with Crippen molar-refractivity contribution in [2.24, 2.45) is 0 Å². The van der Waals surface area contributed by atoms with Gasteiger partial charge in [-0.15, -0.1) is 0 Å². The Morgan fingerprint density at radius 2 is 1.62 bits per heavy atom. The highest BCUT2D eigenvalue weighted by Crippen LogP contribution is 2.22. The fraction of sp³-hybridized carbons (Fsp3) is 0.0833. The number of imidazole rings is 1. The largest absolute Gasteiger partial charge is 0.494 e. The van der Waals surface area contributed by atoms with Gasteiger partial charge < -0.3 is 14.9 Å². The highest BCUT2D eigenvalue weighted by molar-refractivity contribution is 6.27. The number of fused-ring (bicyclic) bond motifs is 1. The van der Waals surface area contributed by atoms with Crippen molar-refractivity contribution in [2.75, 3.05) is 6.61 Å². The molecule has 8 heteroatoms. The third-order valence-corrected chi connectivity index (χ3v) is 4.26. The number of hydrogen-bond acceptors (Lipinski definition) is 5. The van der Waals surface area contributed by atoms with Gasteiger partial charge in [-0.3, -0.25) is 4.57 Å². The Labute approximate surface area is 184 Å². The topological polar surface area (TPSA) is 115 Å². The number of aliphatic carboxylic acids is 2. The molecule has 0 aliphatic carbocycles. The van der Waals surface area contributed by atoms with Gasteiger partial charge in [0.1, 0.15) is 17.4 Å². The van der Waals surface area contributed by atoms with Crippen molar-refractivity contribution >= 4 is 35.1 Å². The zero-order valence-electron chi connectivity index (χ0n) is 17.3. The first-order chi connectivity index (χ1) is 15.5. The van der Waals surface area contributed by atoms with Gasteiger partial charge in [0.2, 0.25) is 0 Å². The molecular formula is C24H21N3O5. The van der Waals surface area contributed by atoms with Gasteiger partial charge in [0, 0.05) is 6.20 Å². The van der Waals surface area contributed by atoms with Gasteiger partial charge >= 0.3 is 11.9 Å². The monoisotopic (exact) mass is 431 g/mol. The molecule has 162 valence electrons. The minimum Gasteiger partial charge on any atom is -0.494 e. The van der Waals surface area contributed by atoms with Crippen LogP contribution < -0.4 is 4.74 Å². The van der Waals surface area contributed by atoms with Crippen molar-refractivity contribution in [3.8, 4) is 11.6 Å². The van der Waals surface area contributed by atoms with Crippen LogP contribution in [0.5, 0.6) is 5.75 Å². The SMILES string of the molecule is CCOc1ccc(C=Cc2nc3ccccc3n2-c2ccccn2)cc1.O=C(O)C(=O)O. The molecule has 0 unspecified atom stereocenters. The second-order valence-corrected chi connectivity index (χ2v) is 6.43. The van der Waals surface area contributed by atoms with Gasteiger partial charge in [-0.2, -0.15) is 0 Å². The van der Waals surface area contributed by atoms with Crippen LogP contribution in [-0.4, -0.2) is 43.3 Å². The number of para-hydroxylation sites is 2. The molecule has 2 N–H and O–H groups in total. The molecule has 2 aromatic carbocycles.